The number of aromatic nitrogens is 1. The van der Waals surface area contributed by atoms with Gasteiger partial charge in [0.05, 0.1) is 6.26 Å². The van der Waals surface area contributed by atoms with Crippen molar-refractivity contribution >= 4 is 10.0 Å². The third-order valence-electron chi connectivity index (χ3n) is 4.11. The van der Waals surface area contributed by atoms with Gasteiger partial charge in [-0.25, -0.2) is 12.7 Å². The second-order valence-corrected chi connectivity index (χ2v) is 8.01. The summed E-state index contributed by atoms with van der Waals surface area (Å²) in [5.74, 6) is 0.386. The monoisotopic (exact) mass is 311 g/mol. The molecule has 2 heterocycles. The van der Waals surface area contributed by atoms with Crippen molar-refractivity contribution in [3.63, 3.8) is 0 Å². The van der Waals surface area contributed by atoms with Gasteiger partial charge in [-0.15, -0.1) is 0 Å². The van der Waals surface area contributed by atoms with Gasteiger partial charge in [0.15, 0.2) is 0 Å². The van der Waals surface area contributed by atoms with Crippen molar-refractivity contribution in [2.75, 3.05) is 19.3 Å². The molecule has 2 unspecified atom stereocenters. The minimum Gasteiger partial charge on any atom is -0.328 e. The zero-order valence-corrected chi connectivity index (χ0v) is 13.4. The van der Waals surface area contributed by atoms with E-state index in [0.717, 1.165) is 32.1 Å². The maximum atomic E-state index is 11.6. The molecule has 1 saturated heterocycles. The van der Waals surface area contributed by atoms with Gasteiger partial charge in [-0.05, 0) is 49.7 Å². The lowest BCUT2D eigenvalue weighted by Gasteiger charge is -2.32. The molecule has 2 N–H and O–H groups in total. The lowest BCUT2D eigenvalue weighted by molar-refractivity contribution is 0.244. The van der Waals surface area contributed by atoms with Gasteiger partial charge in [-0.1, -0.05) is 6.07 Å². The molecule has 1 aromatic heterocycles. The summed E-state index contributed by atoms with van der Waals surface area (Å²) in [6.07, 6.45) is 9.69. The van der Waals surface area contributed by atoms with Crippen LogP contribution in [0.25, 0.3) is 0 Å². The highest BCUT2D eigenvalue weighted by atomic mass is 32.2. The van der Waals surface area contributed by atoms with Gasteiger partial charge in [0, 0.05) is 31.5 Å². The van der Waals surface area contributed by atoms with Crippen LogP contribution < -0.4 is 5.73 Å². The van der Waals surface area contributed by atoms with Crippen LogP contribution in [0.15, 0.2) is 24.5 Å². The summed E-state index contributed by atoms with van der Waals surface area (Å²) in [6, 6.07) is 4.12. The number of nitrogens with zero attached hydrogens (tertiary/aromatic N) is 2. The highest BCUT2D eigenvalue weighted by Gasteiger charge is 2.26. The predicted molar refractivity (Wildman–Crippen MR) is 84.3 cm³/mol. The van der Waals surface area contributed by atoms with Gasteiger partial charge in [-0.2, -0.15) is 0 Å². The zero-order chi connectivity index (χ0) is 15.3. The third kappa shape index (κ3) is 5.37. The maximum Gasteiger partial charge on any atom is 0.211 e. The Balaban J connectivity index is 1.78. The van der Waals surface area contributed by atoms with Gasteiger partial charge in [0.2, 0.25) is 10.0 Å². The molecule has 2 rings (SSSR count). The van der Waals surface area contributed by atoms with E-state index in [1.165, 1.54) is 11.8 Å². The predicted octanol–water partition coefficient (Wildman–Crippen LogP) is 1.40. The van der Waals surface area contributed by atoms with Crippen LogP contribution in [0.3, 0.4) is 0 Å². The molecule has 0 bridgehead atoms. The van der Waals surface area contributed by atoms with Crippen molar-refractivity contribution in [3.05, 3.63) is 30.1 Å². The Morgan fingerprint density at radius 3 is 3.00 bits per heavy atom. The number of hydrogen-bond donors (Lipinski definition) is 1. The van der Waals surface area contributed by atoms with E-state index in [4.69, 9.17) is 5.73 Å². The van der Waals surface area contributed by atoms with Crippen LogP contribution in [0.1, 0.15) is 31.2 Å². The normalized spacial score (nSPS) is 22.1. The number of pyridine rings is 1. The third-order valence-corrected chi connectivity index (χ3v) is 5.38. The number of aryl methyl sites for hydroxylation is 1. The van der Waals surface area contributed by atoms with Crippen LogP contribution >= 0.6 is 0 Å². The molecule has 118 valence electrons. The van der Waals surface area contributed by atoms with E-state index in [-0.39, 0.29) is 6.04 Å². The fourth-order valence-corrected chi connectivity index (χ4v) is 3.91. The largest absolute Gasteiger partial charge is 0.328 e. The van der Waals surface area contributed by atoms with Crippen LogP contribution in [-0.2, 0) is 16.4 Å². The minimum atomic E-state index is -3.07. The van der Waals surface area contributed by atoms with Crippen LogP contribution in [0.4, 0.5) is 0 Å². The molecule has 0 radical (unpaired) electrons. The molecule has 0 aliphatic carbocycles. The van der Waals surface area contributed by atoms with Gasteiger partial charge < -0.3 is 5.73 Å². The second kappa shape index (κ2) is 7.33. The molecule has 2 atom stereocenters. The van der Waals surface area contributed by atoms with Crippen molar-refractivity contribution in [3.8, 4) is 0 Å². The van der Waals surface area contributed by atoms with Crippen molar-refractivity contribution < 1.29 is 8.42 Å². The smallest absolute Gasteiger partial charge is 0.211 e. The van der Waals surface area contributed by atoms with Crippen molar-refractivity contribution in [2.24, 2.45) is 11.7 Å². The lowest BCUT2D eigenvalue weighted by Crippen LogP contribution is -2.41. The van der Waals surface area contributed by atoms with E-state index in [2.05, 4.69) is 11.1 Å². The molecule has 0 amide bonds. The van der Waals surface area contributed by atoms with Gasteiger partial charge in [0.1, 0.15) is 0 Å². The quantitative estimate of drug-likeness (QED) is 0.861. The Hall–Kier alpha value is -0.980. The van der Waals surface area contributed by atoms with E-state index in [0.29, 0.717) is 19.0 Å². The van der Waals surface area contributed by atoms with E-state index < -0.39 is 10.0 Å². The molecule has 1 aromatic rings. The number of hydrogen-bond acceptors (Lipinski definition) is 4. The first-order valence-corrected chi connectivity index (χ1v) is 9.39. The molecule has 5 nitrogen and oxygen atoms in total. The summed E-state index contributed by atoms with van der Waals surface area (Å²) in [5, 5.41) is 0. The van der Waals surface area contributed by atoms with Crippen molar-refractivity contribution in [1.29, 1.82) is 0 Å². The standard InChI is InChI=1S/C15H25N3O2S/c1-21(19,20)18-9-3-5-14(12-18)10-15(16)7-6-13-4-2-8-17-11-13/h2,4,8,11,14-15H,3,5-7,9-10,12,16H2,1H3. The van der Waals surface area contributed by atoms with Gasteiger partial charge in [-0.3, -0.25) is 4.98 Å². The van der Waals surface area contributed by atoms with Crippen molar-refractivity contribution in [2.45, 2.75) is 38.1 Å². The molecule has 1 aliphatic heterocycles. The number of nitrogens with two attached hydrogens (primary N) is 1. The van der Waals surface area contributed by atoms with Crippen LogP contribution in [0.5, 0.6) is 0 Å². The molecule has 6 heteroatoms. The first kappa shape index (κ1) is 16.4. The lowest BCUT2D eigenvalue weighted by atomic mass is 9.90. The Bertz CT molecular complexity index is 533. The Morgan fingerprint density at radius 1 is 1.52 bits per heavy atom. The fraction of sp³-hybridized carbons (Fsp3) is 0.667. The minimum absolute atomic E-state index is 0.120. The fourth-order valence-electron chi connectivity index (χ4n) is 2.96. The average Bonchev–Trinajstić information content (AvgIpc) is 2.46. The summed E-state index contributed by atoms with van der Waals surface area (Å²) >= 11 is 0. The summed E-state index contributed by atoms with van der Waals surface area (Å²) in [7, 11) is -3.07. The molecule has 0 spiro atoms. The highest BCUT2D eigenvalue weighted by Crippen LogP contribution is 2.23. The molecular formula is C15H25N3O2S. The Labute approximate surface area is 127 Å². The summed E-state index contributed by atoms with van der Waals surface area (Å²) in [5.41, 5.74) is 7.42. The van der Waals surface area contributed by atoms with E-state index in [1.807, 2.05) is 12.3 Å². The molecule has 0 saturated carbocycles. The van der Waals surface area contributed by atoms with Crippen LogP contribution in [0, 0.1) is 5.92 Å². The first-order chi connectivity index (χ1) is 9.95. The molecule has 0 aromatic carbocycles. The van der Waals surface area contributed by atoms with Gasteiger partial charge >= 0.3 is 0 Å². The van der Waals surface area contributed by atoms with E-state index in [9.17, 15) is 8.42 Å². The molecule has 1 fully saturated rings. The average molecular weight is 311 g/mol. The number of piperidine rings is 1. The van der Waals surface area contributed by atoms with Gasteiger partial charge in [0.25, 0.3) is 0 Å². The molecule has 21 heavy (non-hydrogen) atoms. The summed E-state index contributed by atoms with van der Waals surface area (Å²) in [6.45, 7) is 1.28. The Kier molecular flexibility index (Phi) is 5.72. The first-order valence-electron chi connectivity index (χ1n) is 7.55. The number of rotatable bonds is 6. The molecule has 1 aliphatic rings. The Morgan fingerprint density at radius 2 is 2.33 bits per heavy atom. The van der Waals surface area contributed by atoms with Crippen LogP contribution in [0.2, 0.25) is 0 Å². The maximum absolute atomic E-state index is 11.6. The van der Waals surface area contributed by atoms with E-state index in [1.54, 1.807) is 10.5 Å². The summed E-state index contributed by atoms with van der Waals surface area (Å²) in [4.78, 5) is 4.10. The van der Waals surface area contributed by atoms with Crippen LogP contribution in [-0.4, -0.2) is 43.1 Å². The SMILES string of the molecule is CS(=O)(=O)N1CCCC(CC(N)CCc2cccnc2)C1. The van der Waals surface area contributed by atoms with Crippen molar-refractivity contribution in [1.82, 2.24) is 9.29 Å². The second-order valence-electron chi connectivity index (χ2n) is 6.02. The summed E-state index contributed by atoms with van der Waals surface area (Å²) < 4.78 is 24.8. The number of sulfonamides is 1. The molecular weight excluding hydrogens is 286 g/mol. The zero-order valence-electron chi connectivity index (χ0n) is 12.6. The topological polar surface area (TPSA) is 76.3 Å². The van der Waals surface area contributed by atoms with E-state index >= 15 is 0 Å². The highest BCUT2D eigenvalue weighted by molar-refractivity contribution is 7.88.